The minimum absolute atomic E-state index is 0.164. The van der Waals surface area contributed by atoms with Gasteiger partial charge in [-0.25, -0.2) is 17.6 Å². The van der Waals surface area contributed by atoms with Gasteiger partial charge in [-0.15, -0.1) is 0 Å². The van der Waals surface area contributed by atoms with E-state index in [1.54, 1.807) is 13.8 Å². The molecule has 0 saturated carbocycles. The first-order valence-corrected chi connectivity index (χ1v) is 6.15. The van der Waals surface area contributed by atoms with Crippen LogP contribution in [0, 0.1) is 18.6 Å². The fourth-order valence-electron chi connectivity index (χ4n) is 1.58. The third-order valence-corrected chi connectivity index (χ3v) is 2.85. The molecule has 1 aromatic rings. The van der Waals surface area contributed by atoms with Gasteiger partial charge >= 0.3 is 0 Å². The third kappa shape index (κ3) is 4.44. The Kier molecular flexibility index (Phi) is 5.69. The average molecular weight is 300 g/mol. The van der Waals surface area contributed by atoms with Crippen molar-refractivity contribution in [1.82, 2.24) is 0 Å². The van der Waals surface area contributed by atoms with Crippen molar-refractivity contribution in [3.63, 3.8) is 0 Å². The topological polar surface area (TPSA) is 38.4 Å². The van der Waals surface area contributed by atoms with Crippen LogP contribution in [0.4, 0.5) is 23.2 Å². The molecule has 0 atom stereocenters. The Morgan fingerprint density at radius 2 is 1.76 bits per heavy atom. The van der Waals surface area contributed by atoms with Crippen molar-refractivity contribution < 1.29 is 17.6 Å². The first-order chi connectivity index (χ1) is 9.76. The zero-order valence-electron chi connectivity index (χ0n) is 11.9. The highest BCUT2D eigenvalue weighted by Gasteiger charge is 2.09. The Bertz CT molecular complexity index is 616. The molecule has 0 heterocycles. The van der Waals surface area contributed by atoms with Crippen LogP contribution in [0.5, 0.6) is 0 Å². The quantitative estimate of drug-likeness (QED) is 0.499. The second-order valence-electron chi connectivity index (χ2n) is 4.56. The molecule has 0 aliphatic rings. The van der Waals surface area contributed by atoms with Crippen LogP contribution in [0.15, 0.2) is 40.5 Å². The predicted octanol–water partition coefficient (Wildman–Crippen LogP) is 4.42. The normalized spacial score (nSPS) is 14.0. The lowest BCUT2D eigenvalue weighted by Gasteiger charge is -2.06. The van der Waals surface area contributed by atoms with Crippen LogP contribution in [-0.2, 0) is 0 Å². The molecule has 0 bridgehead atoms. The summed E-state index contributed by atoms with van der Waals surface area (Å²) in [6.07, 6.45) is -0.253. The zero-order chi connectivity index (χ0) is 16.2. The fourth-order valence-corrected chi connectivity index (χ4v) is 1.58. The van der Waals surface area contributed by atoms with Crippen molar-refractivity contribution in [2.45, 2.75) is 27.2 Å². The Hall–Kier alpha value is -2.11. The van der Waals surface area contributed by atoms with E-state index in [4.69, 9.17) is 5.73 Å². The maximum Gasteiger partial charge on any atom is 0.259 e. The highest BCUT2D eigenvalue weighted by molar-refractivity contribution is 6.02. The van der Waals surface area contributed by atoms with Crippen LogP contribution in [0.3, 0.4) is 0 Å². The highest BCUT2D eigenvalue weighted by Crippen LogP contribution is 2.23. The van der Waals surface area contributed by atoms with Gasteiger partial charge in [0.2, 0.25) is 0 Å². The summed E-state index contributed by atoms with van der Waals surface area (Å²) in [5.41, 5.74) is 6.50. The zero-order valence-corrected chi connectivity index (χ0v) is 11.9. The summed E-state index contributed by atoms with van der Waals surface area (Å²) in [4.78, 5) is 4.12. The van der Waals surface area contributed by atoms with Gasteiger partial charge in [0, 0.05) is 23.6 Å². The van der Waals surface area contributed by atoms with E-state index in [0.29, 0.717) is 11.3 Å². The van der Waals surface area contributed by atoms with Crippen LogP contribution < -0.4 is 5.73 Å². The van der Waals surface area contributed by atoms with E-state index in [1.165, 1.54) is 13.0 Å². The average Bonchev–Trinajstić information content (AvgIpc) is 2.41. The van der Waals surface area contributed by atoms with Crippen LogP contribution >= 0.6 is 0 Å². The number of alkyl halides is 2. The van der Waals surface area contributed by atoms with E-state index in [9.17, 15) is 17.6 Å². The van der Waals surface area contributed by atoms with Gasteiger partial charge in [-0.1, -0.05) is 0 Å². The van der Waals surface area contributed by atoms with Crippen LogP contribution in [0.1, 0.15) is 19.4 Å². The van der Waals surface area contributed by atoms with Crippen LogP contribution in [0.25, 0.3) is 0 Å². The lowest BCUT2D eigenvalue weighted by Crippen LogP contribution is -2.02. The molecule has 1 aromatic carbocycles. The highest BCUT2D eigenvalue weighted by atomic mass is 19.3. The number of rotatable bonds is 4. The molecule has 0 aliphatic heterocycles. The summed E-state index contributed by atoms with van der Waals surface area (Å²) in [6, 6.07) is 1.97. The van der Waals surface area contributed by atoms with Gasteiger partial charge in [-0.3, -0.25) is 4.99 Å². The van der Waals surface area contributed by atoms with Crippen molar-refractivity contribution in [3.05, 3.63) is 52.8 Å². The predicted molar refractivity (Wildman–Crippen MR) is 75.9 cm³/mol. The standard InChI is InChI=1S/C15H16F4N2/c1-8-5-12(16)13(17)6-14(8)21-10(3)11(7-20)4-9(2)15(18)19/h4-7,15H,20H2,1-3H3/b9-4+,11-7+,21-10+. The molecule has 2 N–H and O–H groups in total. The Balaban J connectivity index is 3.20. The van der Waals surface area contributed by atoms with Gasteiger partial charge in [0.05, 0.1) is 5.69 Å². The summed E-state index contributed by atoms with van der Waals surface area (Å²) in [5, 5.41) is 0. The molecule has 0 unspecified atom stereocenters. The summed E-state index contributed by atoms with van der Waals surface area (Å²) < 4.78 is 51.3. The van der Waals surface area contributed by atoms with Gasteiger partial charge in [-0.2, -0.15) is 0 Å². The molecule has 0 saturated heterocycles. The molecule has 114 valence electrons. The number of hydrogen-bond acceptors (Lipinski definition) is 2. The number of benzene rings is 1. The molecule has 0 radical (unpaired) electrons. The molecule has 6 heteroatoms. The molecule has 2 nitrogen and oxygen atoms in total. The van der Waals surface area contributed by atoms with E-state index < -0.39 is 18.1 Å². The van der Waals surface area contributed by atoms with Gasteiger partial charge in [0.15, 0.2) is 11.6 Å². The maximum atomic E-state index is 13.2. The number of aryl methyl sites for hydroxylation is 1. The molecule has 0 aromatic heterocycles. The number of halogens is 4. The second-order valence-corrected chi connectivity index (χ2v) is 4.56. The van der Waals surface area contributed by atoms with Crippen molar-refractivity contribution in [2.75, 3.05) is 0 Å². The monoisotopic (exact) mass is 300 g/mol. The Labute approximate surface area is 120 Å². The van der Waals surface area contributed by atoms with E-state index in [2.05, 4.69) is 4.99 Å². The molecule has 21 heavy (non-hydrogen) atoms. The van der Waals surface area contributed by atoms with Crippen molar-refractivity contribution in [3.8, 4) is 0 Å². The first-order valence-electron chi connectivity index (χ1n) is 6.15. The van der Waals surface area contributed by atoms with E-state index in [1.807, 2.05) is 0 Å². The van der Waals surface area contributed by atoms with Crippen molar-refractivity contribution in [2.24, 2.45) is 10.7 Å². The molecular weight excluding hydrogens is 284 g/mol. The van der Waals surface area contributed by atoms with Gasteiger partial charge in [0.1, 0.15) is 0 Å². The fraction of sp³-hybridized carbons (Fsp3) is 0.267. The van der Waals surface area contributed by atoms with Crippen molar-refractivity contribution in [1.29, 1.82) is 0 Å². The third-order valence-electron chi connectivity index (χ3n) is 2.85. The molecule has 0 fully saturated rings. The van der Waals surface area contributed by atoms with Gasteiger partial charge in [0.25, 0.3) is 6.43 Å². The summed E-state index contributed by atoms with van der Waals surface area (Å²) in [7, 11) is 0. The molecule has 0 spiro atoms. The Morgan fingerprint density at radius 3 is 2.29 bits per heavy atom. The number of nitrogens with zero attached hydrogens (tertiary/aromatic N) is 1. The largest absolute Gasteiger partial charge is 0.404 e. The molecule has 0 aliphatic carbocycles. The smallest absolute Gasteiger partial charge is 0.259 e. The number of hydrogen-bond donors (Lipinski definition) is 1. The molecular formula is C15H16F4N2. The van der Waals surface area contributed by atoms with Crippen LogP contribution in [0.2, 0.25) is 0 Å². The SMILES string of the molecule is C\C(=C/C(=C\N)C(/C)=N/c1cc(F)c(F)cc1C)C(F)F. The Morgan fingerprint density at radius 1 is 1.19 bits per heavy atom. The van der Waals surface area contributed by atoms with Crippen LogP contribution in [-0.4, -0.2) is 12.1 Å². The first kappa shape index (κ1) is 16.9. The minimum atomic E-state index is -2.60. The maximum absolute atomic E-state index is 13.2. The second kappa shape index (κ2) is 7.06. The van der Waals surface area contributed by atoms with E-state index >= 15 is 0 Å². The van der Waals surface area contributed by atoms with E-state index in [-0.39, 0.29) is 16.8 Å². The number of allylic oxidation sites excluding steroid dienone is 3. The van der Waals surface area contributed by atoms with Gasteiger partial charge in [-0.05, 0) is 44.1 Å². The van der Waals surface area contributed by atoms with Gasteiger partial charge < -0.3 is 5.73 Å². The van der Waals surface area contributed by atoms with E-state index in [0.717, 1.165) is 18.3 Å². The summed E-state index contributed by atoms with van der Waals surface area (Å²) >= 11 is 0. The number of aliphatic imine (C=N–C) groups is 1. The molecule has 1 rings (SSSR count). The molecule has 0 amide bonds. The lowest BCUT2D eigenvalue weighted by atomic mass is 10.1. The summed E-state index contributed by atoms with van der Waals surface area (Å²) in [5.74, 6) is -1.99. The summed E-state index contributed by atoms with van der Waals surface area (Å²) in [6.45, 7) is 4.39. The minimum Gasteiger partial charge on any atom is -0.404 e. The van der Waals surface area contributed by atoms with Crippen molar-refractivity contribution >= 4 is 11.4 Å². The lowest BCUT2D eigenvalue weighted by molar-refractivity contribution is 0.190. The number of nitrogens with two attached hydrogens (primary N) is 1.